The number of nitrogens with zero attached hydrogens (tertiary/aromatic N) is 3. The van der Waals surface area contributed by atoms with E-state index in [-0.39, 0.29) is 37.6 Å². The third kappa shape index (κ3) is 12.4. The maximum atomic E-state index is 12.1. The normalized spacial score (nSPS) is 17.7. The lowest BCUT2D eigenvalue weighted by Gasteiger charge is -2.16. The quantitative estimate of drug-likeness (QED) is 0.0830. The molecule has 346 valence electrons. The zero-order valence-electron chi connectivity index (χ0n) is 37.9. The number of likely N-dealkylation sites (tertiary alicyclic amines) is 1. The Balaban J connectivity index is 0.000000198. The number of oxazole rings is 2. The first kappa shape index (κ1) is 47.0. The number of nitrogens with one attached hydrogen (secondary N) is 1. The molecule has 0 unspecified atom stereocenters. The summed E-state index contributed by atoms with van der Waals surface area (Å²) in [5.74, 6) is 2.68. The summed E-state index contributed by atoms with van der Waals surface area (Å²) in [6, 6.07) is 35.4. The molecule has 4 atom stereocenters. The fourth-order valence-electron chi connectivity index (χ4n) is 8.39. The van der Waals surface area contributed by atoms with Crippen molar-refractivity contribution in [3.05, 3.63) is 143 Å². The van der Waals surface area contributed by atoms with Gasteiger partial charge in [0.05, 0.1) is 25.6 Å². The van der Waals surface area contributed by atoms with Gasteiger partial charge in [-0.15, -0.1) is 0 Å². The number of carboxylic acid groups (broad SMARTS) is 1. The van der Waals surface area contributed by atoms with Gasteiger partial charge in [-0.2, -0.15) is 0 Å². The van der Waals surface area contributed by atoms with E-state index in [0.717, 1.165) is 59.0 Å². The summed E-state index contributed by atoms with van der Waals surface area (Å²) in [4.78, 5) is 46.4. The van der Waals surface area contributed by atoms with Gasteiger partial charge >= 0.3 is 18.0 Å². The summed E-state index contributed by atoms with van der Waals surface area (Å²) in [5, 5.41) is 12.9. The Kier molecular flexibility index (Phi) is 16.3. The monoisotopic (exact) mass is 898 g/mol. The van der Waals surface area contributed by atoms with E-state index in [1.807, 2.05) is 111 Å². The maximum Gasteiger partial charge on any atom is 0.409 e. The van der Waals surface area contributed by atoms with Crippen LogP contribution >= 0.6 is 0 Å². The van der Waals surface area contributed by atoms with Crippen molar-refractivity contribution >= 4 is 18.0 Å². The fraction of sp³-hybridized carbons (Fsp3) is 0.365. The minimum Gasteiger partial charge on any atom is -0.487 e. The van der Waals surface area contributed by atoms with Crippen LogP contribution in [0.25, 0.3) is 22.9 Å². The Hall–Kier alpha value is -6.93. The second-order valence-corrected chi connectivity index (χ2v) is 16.6. The van der Waals surface area contributed by atoms with Crippen LogP contribution in [0.2, 0.25) is 0 Å². The van der Waals surface area contributed by atoms with Crippen molar-refractivity contribution in [1.82, 2.24) is 20.2 Å². The second-order valence-electron chi connectivity index (χ2n) is 16.6. The predicted molar refractivity (Wildman–Crippen MR) is 247 cm³/mol. The molecule has 1 amide bonds. The topological polar surface area (TPSA) is 176 Å². The highest BCUT2D eigenvalue weighted by Gasteiger charge is 2.40. The molecule has 0 radical (unpaired) electrons. The van der Waals surface area contributed by atoms with Crippen LogP contribution in [0.1, 0.15) is 53.8 Å². The van der Waals surface area contributed by atoms with Gasteiger partial charge in [-0.25, -0.2) is 14.8 Å². The molecule has 0 bridgehead atoms. The Bertz CT molecular complexity index is 2520. The van der Waals surface area contributed by atoms with E-state index in [0.29, 0.717) is 61.7 Å². The number of carboxylic acids is 1. The summed E-state index contributed by atoms with van der Waals surface area (Å²) < 4.78 is 33.6. The van der Waals surface area contributed by atoms with E-state index in [1.165, 1.54) is 17.6 Å². The number of aromatic nitrogens is 2. The average molecular weight is 899 g/mol. The molecular weight excluding hydrogens is 841 g/mol. The fourth-order valence-corrected chi connectivity index (χ4v) is 8.39. The average Bonchev–Trinajstić information content (AvgIpc) is 4.16. The Morgan fingerprint density at radius 3 is 1.73 bits per heavy atom. The maximum absolute atomic E-state index is 12.1. The first-order valence-corrected chi connectivity index (χ1v) is 22.5. The number of rotatable bonds is 17. The minimum absolute atomic E-state index is 0.0571. The zero-order valence-corrected chi connectivity index (χ0v) is 37.9. The summed E-state index contributed by atoms with van der Waals surface area (Å²) in [7, 11) is 1.46. The number of aliphatic carboxylic acids is 1. The molecule has 4 aromatic carbocycles. The highest BCUT2D eigenvalue weighted by molar-refractivity contribution is 5.75. The van der Waals surface area contributed by atoms with Crippen molar-refractivity contribution in [2.24, 2.45) is 23.7 Å². The summed E-state index contributed by atoms with van der Waals surface area (Å²) >= 11 is 0. The molecule has 2 fully saturated rings. The molecule has 2 aliphatic heterocycles. The molecule has 0 aliphatic carbocycles. The number of amides is 1. The van der Waals surface area contributed by atoms with Crippen LogP contribution in [0.15, 0.2) is 118 Å². The Morgan fingerprint density at radius 1 is 0.697 bits per heavy atom. The summed E-state index contributed by atoms with van der Waals surface area (Å²) in [5.41, 5.74) is 5.63. The number of carbonyl (C=O) groups excluding carboxylic acids is 2. The van der Waals surface area contributed by atoms with Crippen molar-refractivity contribution in [1.29, 1.82) is 0 Å². The van der Waals surface area contributed by atoms with E-state index in [4.69, 9.17) is 27.8 Å². The van der Waals surface area contributed by atoms with Gasteiger partial charge in [-0.3, -0.25) is 9.59 Å². The van der Waals surface area contributed by atoms with Crippen LogP contribution in [0.3, 0.4) is 0 Å². The number of aryl methyl sites for hydroxylation is 4. The van der Waals surface area contributed by atoms with Crippen LogP contribution in [-0.2, 0) is 45.1 Å². The molecule has 14 nitrogen and oxygen atoms in total. The highest BCUT2D eigenvalue weighted by Crippen LogP contribution is 2.30. The second kappa shape index (κ2) is 22.8. The zero-order chi connectivity index (χ0) is 46.4. The van der Waals surface area contributed by atoms with E-state index < -0.39 is 18.0 Å². The van der Waals surface area contributed by atoms with Gasteiger partial charge in [0.2, 0.25) is 11.8 Å². The molecule has 4 heterocycles. The molecule has 2 saturated heterocycles. The van der Waals surface area contributed by atoms with Gasteiger partial charge in [0, 0.05) is 30.8 Å². The van der Waals surface area contributed by atoms with Crippen molar-refractivity contribution in [2.75, 3.05) is 39.9 Å². The molecule has 2 aromatic heterocycles. The molecule has 14 heteroatoms. The molecule has 2 N–H and O–H groups in total. The van der Waals surface area contributed by atoms with Gasteiger partial charge in [0.25, 0.3) is 0 Å². The first-order valence-electron chi connectivity index (χ1n) is 22.5. The van der Waals surface area contributed by atoms with Gasteiger partial charge < -0.3 is 43.1 Å². The Morgan fingerprint density at radius 2 is 1.23 bits per heavy atom. The smallest absolute Gasteiger partial charge is 0.409 e. The lowest BCUT2D eigenvalue weighted by Crippen LogP contribution is -2.30. The number of benzene rings is 4. The number of ether oxygens (including phenoxy) is 4. The third-order valence-electron chi connectivity index (χ3n) is 12.1. The molecular formula is C52H58N4O10. The number of esters is 1. The van der Waals surface area contributed by atoms with Gasteiger partial charge in [-0.05, 0) is 124 Å². The van der Waals surface area contributed by atoms with Crippen LogP contribution in [0, 0.1) is 37.5 Å². The molecule has 6 aromatic rings. The first-order chi connectivity index (χ1) is 32.1. The van der Waals surface area contributed by atoms with Crippen molar-refractivity contribution in [2.45, 2.75) is 59.7 Å². The molecule has 0 spiro atoms. The van der Waals surface area contributed by atoms with Crippen LogP contribution in [0.5, 0.6) is 11.5 Å². The minimum atomic E-state index is -0.878. The number of carbonyl (C=O) groups is 3. The highest BCUT2D eigenvalue weighted by atomic mass is 16.6. The number of hydrogen-bond donors (Lipinski definition) is 2. The number of methoxy groups -OCH3 is 1. The molecule has 2 aliphatic rings. The van der Waals surface area contributed by atoms with Crippen molar-refractivity contribution in [3.63, 3.8) is 0 Å². The van der Waals surface area contributed by atoms with Crippen molar-refractivity contribution < 1.29 is 47.3 Å². The van der Waals surface area contributed by atoms with E-state index in [2.05, 4.69) is 27.4 Å². The summed E-state index contributed by atoms with van der Waals surface area (Å²) in [6.45, 7) is 8.54. The van der Waals surface area contributed by atoms with E-state index in [9.17, 15) is 19.5 Å². The standard InChI is InChI=1S/C27H30N2O6.C25H28N2O4/c1-3-33-27(32)29-15-21(23(16-29)26(30)31)13-12-19-8-7-11-22(14-19)34-17-24-18(2)35-25(28-24)20-9-5-4-6-10-20;1-17-23(27-24(31-17)19-8-4-3-5-9-19)16-30-21-10-6-7-18(13-21)11-12-20-14-26-15-22(20)25(28)29-2/h4-11,14,21,23H,3,12-13,15-17H2,1-2H3,(H,30,31);3-10,13,20,22,26H,11-12,14-16H2,1-2H3/t21-,23-;20-,22-/m11/s1. The summed E-state index contributed by atoms with van der Waals surface area (Å²) in [6.07, 6.45) is 2.70. The SMILES string of the molecule is CCOC(=O)N1C[C@@H](CCc2cccc(OCc3nc(-c4ccccc4)oc3C)c2)[C@H](C(=O)O)C1.COC(=O)[C@@H]1CNC[C@H]1CCc1cccc(OCc2nc(-c3ccccc3)oc2C)c1. The van der Waals surface area contributed by atoms with E-state index >= 15 is 0 Å². The van der Waals surface area contributed by atoms with Crippen LogP contribution in [0.4, 0.5) is 4.79 Å². The molecule has 0 saturated carbocycles. The number of hydrogen-bond acceptors (Lipinski definition) is 12. The van der Waals surface area contributed by atoms with Gasteiger partial charge in [-0.1, -0.05) is 60.7 Å². The van der Waals surface area contributed by atoms with Gasteiger partial charge in [0.15, 0.2) is 0 Å². The molecule has 8 rings (SSSR count). The largest absolute Gasteiger partial charge is 0.487 e. The Labute approximate surface area is 385 Å². The van der Waals surface area contributed by atoms with Crippen LogP contribution in [-0.4, -0.2) is 77.9 Å². The van der Waals surface area contributed by atoms with E-state index in [1.54, 1.807) is 6.92 Å². The predicted octanol–water partition coefficient (Wildman–Crippen LogP) is 9.12. The molecule has 66 heavy (non-hydrogen) atoms. The van der Waals surface area contributed by atoms with Crippen molar-refractivity contribution in [3.8, 4) is 34.4 Å². The van der Waals surface area contributed by atoms with Crippen LogP contribution < -0.4 is 14.8 Å². The lowest BCUT2D eigenvalue weighted by atomic mass is 9.90. The third-order valence-corrected chi connectivity index (χ3v) is 12.1. The lowest BCUT2D eigenvalue weighted by molar-refractivity contribution is -0.146. The van der Waals surface area contributed by atoms with Gasteiger partial charge in [0.1, 0.15) is 47.6 Å².